The predicted octanol–water partition coefficient (Wildman–Crippen LogP) is 2.61. The number of halogens is 1. The van der Waals surface area contributed by atoms with Gasteiger partial charge in [-0.3, -0.25) is 4.79 Å². The standard InChI is InChI=1S/C21H21FN2O4/c1-10-18-13(20(26)15(21(27)28)9-24(18)12-3-4-12)6-16(22)19(10)23-7-11-2-5-17(25)14(11)8-23/h2,6,9,12,14,17,25H,3-5,7-8H2,1H3,(H,27,28). The first-order valence-corrected chi connectivity index (χ1v) is 9.60. The van der Waals surface area contributed by atoms with E-state index in [0.717, 1.165) is 18.4 Å². The molecular formula is C21H21FN2O4. The Labute approximate surface area is 160 Å². The number of aryl methyl sites for hydroxylation is 1. The van der Waals surface area contributed by atoms with Gasteiger partial charge < -0.3 is 19.7 Å². The van der Waals surface area contributed by atoms with Crippen LogP contribution in [-0.2, 0) is 0 Å². The molecule has 1 aromatic heterocycles. The third kappa shape index (κ3) is 2.42. The van der Waals surface area contributed by atoms with Crippen molar-refractivity contribution >= 4 is 22.6 Å². The van der Waals surface area contributed by atoms with E-state index in [2.05, 4.69) is 0 Å². The van der Waals surface area contributed by atoms with Crippen molar-refractivity contribution in [2.75, 3.05) is 18.0 Å². The minimum atomic E-state index is -1.29. The molecule has 1 saturated heterocycles. The van der Waals surface area contributed by atoms with Crippen LogP contribution in [-0.4, -0.2) is 39.9 Å². The van der Waals surface area contributed by atoms with E-state index in [-0.39, 0.29) is 22.9 Å². The maximum atomic E-state index is 15.1. The van der Waals surface area contributed by atoms with Crippen molar-refractivity contribution in [2.24, 2.45) is 5.92 Å². The van der Waals surface area contributed by atoms with Crippen LogP contribution in [0.1, 0.15) is 41.2 Å². The molecular weight excluding hydrogens is 363 g/mol. The quantitative estimate of drug-likeness (QED) is 0.795. The number of carboxylic acid groups (broad SMARTS) is 1. The Morgan fingerprint density at radius 2 is 2.07 bits per heavy atom. The fourth-order valence-corrected chi connectivity index (χ4v) is 4.80. The van der Waals surface area contributed by atoms with Crippen LogP contribution in [0.5, 0.6) is 0 Å². The normalized spacial score (nSPS) is 24.0. The van der Waals surface area contributed by atoms with Gasteiger partial charge in [0.25, 0.3) is 0 Å². The Morgan fingerprint density at radius 1 is 1.32 bits per heavy atom. The summed E-state index contributed by atoms with van der Waals surface area (Å²) in [7, 11) is 0. The number of carboxylic acids is 1. The molecule has 3 aliphatic rings. The molecule has 2 fully saturated rings. The second-order valence-electron chi connectivity index (χ2n) is 8.11. The van der Waals surface area contributed by atoms with Gasteiger partial charge in [-0.2, -0.15) is 0 Å². The SMILES string of the molecule is Cc1c(N2CC3=CCC(O)C3C2)c(F)cc2c(=O)c(C(=O)O)cn(C3CC3)c12. The number of anilines is 1. The zero-order valence-corrected chi connectivity index (χ0v) is 15.5. The van der Waals surface area contributed by atoms with Crippen LogP contribution >= 0.6 is 0 Å². The number of aromatic nitrogens is 1. The van der Waals surface area contributed by atoms with E-state index in [4.69, 9.17) is 0 Å². The van der Waals surface area contributed by atoms with E-state index in [0.29, 0.717) is 36.3 Å². The van der Waals surface area contributed by atoms with Gasteiger partial charge in [-0.1, -0.05) is 6.08 Å². The van der Waals surface area contributed by atoms with Gasteiger partial charge in [0, 0.05) is 36.6 Å². The number of aliphatic hydroxyl groups is 1. The number of aromatic carboxylic acids is 1. The van der Waals surface area contributed by atoms with E-state index in [9.17, 15) is 19.8 Å². The highest BCUT2D eigenvalue weighted by Crippen LogP contribution is 2.42. The fraction of sp³-hybridized carbons (Fsp3) is 0.429. The molecule has 0 bridgehead atoms. The average Bonchev–Trinajstić information content (AvgIpc) is 3.31. The van der Waals surface area contributed by atoms with Gasteiger partial charge >= 0.3 is 5.97 Å². The molecule has 0 radical (unpaired) electrons. The van der Waals surface area contributed by atoms with E-state index in [1.165, 1.54) is 12.3 Å². The Bertz CT molecular complexity index is 1120. The minimum Gasteiger partial charge on any atom is -0.477 e. The number of carbonyl (C=O) groups is 1. The molecule has 146 valence electrons. The molecule has 1 aromatic carbocycles. The van der Waals surface area contributed by atoms with Crippen LogP contribution in [0.15, 0.2) is 28.7 Å². The third-order valence-corrected chi connectivity index (χ3v) is 6.32. The van der Waals surface area contributed by atoms with E-state index in [1.54, 1.807) is 6.92 Å². The number of rotatable bonds is 3. The highest BCUT2D eigenvalue weighted by Gasteiger charge is 2.38. The minimum absolute atomic E-state index is 0.0227. The molecule has 2 aromatic rings. The molecule has 2 N–H and O–H groups in total. The monoisotopic (exact) mass is 384 g/mol. The Hall–Kier alpha value is -2.67. The summed E-state index contributed by atoms with van der Waals surface area (Å²) in [6.45, 7) is 2.89. The fourth-order valence-electron chi connectivity index (χ4n) is 4.80. The first-order valence-electron chi connectivity index (χ1n) is 9.60. The molecule has 5 rings (SSSR count). The predicted molar refractivity (Wildman–Crippen MR) is 103 cm³/mol. The first kappa shape index (κ1) is 17.4. The van der Waals surface area contributed by atoms with Crippen LogP contribution < -0.4 is 10.3 Å². The van der Waals surface area contributed by atoms with Gasteiger partial charge in [0.15, 0.2) is 0 Å². The molecule has 1 aliphatic heterocycles. The van der Waals surface area contributed by atoms with Crippen molar-refractivity contribution in [1.82, 2.24) is 4.57 Å². The molecule has 28 heavy (non-hydrogen) atoms. The molecule has 2 heterocycles. The van der Waals surface area contributed by atoms with Crippen molar-refractivity contribution in [3.63, 3.8) is 0 Å². The Kier molecular flexibility index (Phi) is 3.68. The Balaban J connectivity index is 1.72. The number of pyridine rings is 1. The lowest BCUT2D eigenvalue weighted by molar-refractivity contribution is 0.0694. The summed E-state index contributed by atoms with van der Waals surface area (Å²) in [4.78, 5) is 26.1. The summed E-state index contributed by atoms with van der Waals surface area (Å²) in [5, 5.41) is 19.6. The molecule has 7 heteroatoms. The number of fused-ring (bicyclic) bond motifs is 2. The van der Waals surface area contributed by atoms with Gasteiger partial charge in [0.2, 0.25) is 5.43 Å². The molecule has 2 atom stereocenters. The lowest BCUT2D eigenvalue weighted by atomic mass is 10.0. The molecule has 6 nitrogen and oxygen atoms in total. The molecule has 2 unspecified atom stereocenters. The maximum absolute atomic E-state index is 15.1. The van der Waals surface area contributed by atoms with Crippen LogP contribution in [0.3, 0.4) is 0 Å². The molecule has 1 saturated carbocycles. The number of aliphatic hydroxyl groups excluding tert-OH is 1. The molecule has 0 amide bonds. The number of hydrogen-bond donors (Lipinski definition) is 2. The van der Waals surface area contributed by atoms with Crippen LogP contribution in [0, 0.1) is 18.7 Å². The van der Waals surface area contributed by atoms with E-state index < -0.39 is 23.3 Å². The van der Waals surface area contributed by atoms with Crippen LogP contribution in [0.25, 0.3) is 10.9 Å². The zero-order chi connectivity index (χ0) is 19.7. The number of benzene rings is 1. The van der Waals surface area contributed by atoms with Gasteiger partial charge in [-0.15, -0.1) is 0 Å². The van der Waals surface area contributed by atoms with Crippen molar-refractivity contribution in [1.29, 1.82) is 0 Å². The van der Waals surface area contributed by atoms with Crippen molar-refractivity contribution in [3.8, 4) is 0 Å². The second-order valence-corrected chi connectivity index (χ2v) is 8.11. The summed E-state index contributed by atoms with van der Waals surface area (Å²) in [6.07, 6.45) is 5.48. The highest BCUT2D eigenvalue weighted by atomic mass is 19.1. The van der Waals surface area contributed by atoms with Crippen molar-refractivity contribution < 1.29 is 19.4 Å². The largest absolute Gasteiger partial charge is 0.477 e. The van der Waals surface area contributed by atoms with E-state index in [1.807, 2.05) is 15.5 Å². The van der Waals surface area contributed by atoms with Crippen molar-refractivity contribution in [2.45, 2.75) is 38.3 Å². The summed E-state index contributed by atoms with van der Waals surface area (Å²) < 4.78 is 17.0. The second kappa shape index (κ2) is 5.91. The third-order valence-electron chi connectivity index (χ3n) is 6.32. The lowest BCUT2D eigenvalue weighted by Gasteiger charge is -2.25. The average molecular weight is 384 g/mol. The summed E-state index contributed by atoms with van der Waals surface area (Å²) in [5.41, 5.74) is 1.85. The van der Waals surface area contributed by atoms with E-state index >= 15 is 4.39 Å². The smallest absolute Gasteiger partial charge is 0.341 e. The van der Waals surface area contributed by atoms with Crippen molar-refractivity contribution in [3.05, 3.63) is 51.1 Å². The maximum Gasteiger partial charge on any atom is 0.341 e. The highest BCUT2D eigenvalue weighted by molar-refractivity contribution is 5.95. The topological polar surface area (TPSA) is 82.8 Å². The summed E-state index contributed by atoms with van der Waals surface area (Å²) in [5.74, 6) is -1.80. The lowest BCUT2D eigenvalue weighted by Crippen LogP contribution is -2.27. The summed E-state index contributed by atoms with van der Waals surface area (Å²) in [6, 6.07) is 1.32. The van der Waals surface area contributed by atoms with Crippen LogP contribution in [0.2, 0.25) is 0 Å². The van der Waals surface area contributed by atoms with Gasteiger partial charge in [0.05, 0.1) is 17.3 Å². The molecule has 0 spiro atoms. The summed E-state index contributed by atoms with van der Waals surface area (Å²) >= 11 is 0. The van der Waals surface area contributed by atoms with Gasteiger partial charge in [-0.05, 0) is 43.4 Å². The first-order chi connectivity index (χ1) is 13.4. The molecule has 2 aliphatic carbocycles. The Morgan fingerprint density at radius 3 is 2.71 bits per heavy atom. The number of nitrogens with zero attached hydrogens (tertiary/aromatic N) is 2. The van der Waals surface area contributed by atoms with Gasteiger partial charge in [-0.25, -0.2) is 9.18 Å². The zero-order valence-electron chi connectivity index (χ0n) is 15.5. The number of hydrogen-bond acceptors (Lipinski definition) is 4. The van der Waals surface area contributed by atoms with Crippen LogP contribution in [0.4, 0.5) is 10.1 Å². The van der Waals surface area contributed by atoms with Gasteiger partial charge in [0.1, 0.15) is 11.4 Å².